The number of carboxylic acids is 1. The summed E-state index contributed by atoms with van der Waals surface area (Å²) >= 11 is 0. The van der Waals surface area contributed by atoms with E-state index in [-0.39, 0.29) is 18.1 Å². The highest BCUT2D eigenvalue weighted by atomic mass is 16.4. The van der Waals surface area contributed by atoms with Crippen molar-refractivity contribution >= 4 is 11.9 Å². The molecule has 0 heterocycles. The average Bonchev–Trinajstić information content (AvgIpc) is 2.26. The zero-order chi connectivity index (χ0) is 13.0. The molecule has 1 aromatic carbocycles. The Hall–Kier alpha value is -2.04. The summed E-state index contributed by atoms with van der Waals surface area (Å²) in [5.41, 5.74) is 0.753. The fourth-order valence-corrected chi connectivity index (χ4v) is 1.46. The van der Waals surface area contributed by atoms with Gasteiger partial charge < -0.3 is 15.1 Å². The van der Waals surface area contributed by atoms with Crippen LogP contribution in [0.3, 0.4) is 0 Å². The predicted molar refractivity (Wildman–Crippen MR) is 61.7 cm³/mol. The SMILES string of the molecule is CC(=O)N(C)[C@@H](Cc1ccc(O)cc1)C(=O)O. The van der Waals surface area contributed by atoms with Crippen LogP contribution in [0.2, 0.25) is 0 Å². The Bertz CT molecular complexity index is 413. The lowest BCUT2D eigenvalue weighted by atomic mass is 10.0. The molecule has 2 N–H and O–H groups in total. The van der Waals surface area contributed by atoms with Crippen LogP contribution in [-0.2, 0) is 16.0 Å². The number of hydrogen-bond donors (Lipinski definition) is 2. The summed E-state index contributed by atoms with van der Waals surface area (Å²) in [5.74, 6) is -1.22. The zero-order valence-electron chi connectivity index (χ0n) is 9.75. The third kappa shape index (κ3) is 3.48. The van der Waals surface area contributed by atoms with Crippen LogP contribution in [-0.4, -0.2) is 40.1 Å². The van der Waals surface area contributed by atoms with Gasteiger partial charge in [0.2, 0.25) is 5.91 Å². The molecule has 5 heteroatoms. The van der Waals surface area contributed by atoms with E-state index in [0.29, 0.717) is 0 Å². The van der Waals surface area contributed by atoms with E-state index < -0.39 is 12.0 Å². The van der Waals surface area contributed by atoms with Gasteiger partial charge in [-0.15, -0.1) is 0 Å². The van der Waals surface area contributed by atoms with Crippen molar-refractivity contribution in [1.29, 1.82) is 0 Å². The maximum atomic E-state index is 11.2. The van der Waals surface area contributed by atoms with Gasteiger partial charge in [-0.3, -0.25) is 4.79 Å². The maximum Gasteiger partial charge on any atom is 0.326 e. The fourth-order valence-electron chi connectivity index (χ4n) is 1.46. The molecule has 0 aromatic heterocycles. The standard InChI is InChI=1S/C12H15NO4/c1-8(14)13(2)11(12(16)17)7-9-3-5-10(15)6-4-9/h3-6,11,15H,7H2,1-2H3,(H,16,17)/t11-/m0/s1. The number of hydrogen-bond acceptors (Lipinski definition) is 3. The lowest BCUT2D eigenvalue weighted by Crippen LogP contribution is -2.42. The molecule has 1 amide bonds. The third-order valence-electron chi connectivity index (χ3n) is 2.61. The van der Waals surface area contributed by atoms with Crippen LogP contribution in [0.4, 0.5) is 0 Å². The van der Waals surface area contributed by atoms with Gasteiger partial charge in [0, 0.05) is 20.4 Å². The highest BCUT2D eigenvalue weighted by Crippen LogP contribution is 2.13. The van der Waals surface area contributed by atoms with Gasteiger partial charge in [-0.25, -0.2) is 4.79 Å². The van der Waals surface area contributed by atoms with Gasteiger partial charge in [0.15, 0.2) is 0 Å². The number of phenols is 1. The molecule has 0 saturated heterocycles. The molecule has 0 saturated carbocycles. The van der Waals surface area contributed by atoms with E-state index in [4.69, 9.17) is 10.2 Å². The second-order valence-corrected chi connectivity index (χ2v) is 3.85. The summed E-state index contributed by atoms with van der Waals surface area (Å²) in [6.07, 6.45) is 0.214. The number of carbonyl (C=O) groups excluding carboxylic acids is 1. The normalized spacial score (nSPS) is 11.9. The fraction of sp³-hybridized carbons (Fsp3) is 0.333. The molecular weight excluding hydrogens is 222 g/mol. The van der Waals surface area contributed by atoms with Crippen molar-refractivity contribution in [2.45, 2.75) is 19.4 Å². The number of amides is 1. The molecule has 17 heavy (non-hydrogen) atoms. The maximum absolute atomic E-state index is 11.2. The van der Waals surface area contributed by atoms with Crippen LogP contribution in [0.15, 0.2) is 24.3 Å². The lowest BCUT2D eigenvalue weighted by molar-refractivity contribution is -0.148. The summed E-state index contributed by atoms with van der Waals surface area (Å²) in [5, 5.41) is 18.2. The highest BCUT2D eigenvalue weighted by molar-refractivity contribution is 5.82. The van der Waals surface area contributed by atoms with Gasteiger partial charge in [-0.1, -0.05) is 12.1 Å². The molecule has 0 radical (unpaired) electrons. The number of benzene rings is 1. The first-order chi connectivity index (χ1) is 7.91. The molecule has 1 aromatic rings. The monoisotopic (exact) mass is 237 g/mol. The van der Waals surface area contributed by atoms with Crippen molar-refractivity contribution in [3.05, 3.63) is 29.8 Å². The van der Waals surface area contributed by atoms with E-state index in [1.54, 1.807) is 12.1 Å². The highest BCUT2D eigenvalue weighted by Gasteiger charge is 2.24. The molecule has 0 aliphatic heterocycles. The number of nitrogens with zero attached hydrogens (tertiary/aromatic N) is 1. The van der Waals surface area contributed by atoms with Gasteiger partial charge in [-0.05, 0) is 17.7 Å². The van der Waals surface area contributed by atoms with Crippen LogP contribution in [0.1, 0.15) is 12.5 Å². The van der Waals surface area contributed by atoms with E-state index in [2.05, 4.69) is 0 Å². The number of carbonyl (C=O) groups is 2. The smallest absolute Gasteiger partial charge is 0.326 e. The largest absolute Gasteiger partial charge is 0.508 e. The van der Waals surface area contributed by atoms with Gasteiger partial charge in [0.25, 0.3) is 0 Å². The van der Waals surface area contributed by atoms with E-state index in [0.717, 1.165) is 5.56 Å². The van der Waals surface area contributed by atoms with Crippen LogP contribution in [0.25, 0.3) is 0 Å². The van der Waals surface area contributed by atoms with E-state index in [1.165, 1.54) is 31.0 Å². The summed E-state index contributed by atoms with van der Waals surface area (Å²) in [7, 11) is 1.46. The number of aliphatic carboxylic acids is 1. The average molecular weight is 237 g/mol. The van der Waals surface area contributed by atoms with E-state index in [1.807, 2.05) is 0 Å². The molecule has 92 valence electrons. The molecule has 1 rings (SSSR count). The zero-order valence-corrected chi connectivity index (χ0v) is 9.75. The second kappa shape index (κ2) is 5.34. The van der Waals surface area contributed by atoms with E-state index >= 15 is 0 Å². The molecule has 0 spiro atoms. The first-order valence-corrected chi connectivity index (χ1v) is 5.16. The minimum absolute atomic E-state index is 0.126. The Morgan fingerprint density at radius 1 is 1.29 bits per heavy atom. The van der Waals surface area contributed by atoms with Crippen molar-refractivity contribution in [2.24, 2.45) is 0 Å². The molecule has 0 aliphatic carbocycles. The second-order valence-electron chi connectivity index (χ2n) is 3.85. The van der Waals surface area contributed by atoms with Gasteiger partial charge in [0.1, 0.15) is 11.8 Å². The number of likely N-dealkylation sites (N-methyl/N-ethyl adjacent to an activating group) is 1. The molecule has 0 aliphatic rings. The van der Waals surface area contributed by atoms with Crippen LogP contribution in [0.5, 0.6) is 5.75 Å². The molecule has 0 unspecified atom stereocenters. The Balaban J connectivity index is 2.84. The Morgan fingerprint density at radius 2 is 1.82 bits per heavy atom. The first kappa shape index (κ1) is 13.0. The number of rotatable bonds is 4. The Kier molecular flexibility index (Phi) is 4.09. The van der Waals surface area contributed by atoms with Gasteiger partial charge in [0.05, 0.1) is 0 Å². The number of aromatic hydroxyl groups is 1. The minimum Gasteiger partial charge on any atom is -0.508 e. The molecular formula is C12H15NO4. The Morgan fingerprint density at radius 3 is 2.24 bits per heavy atom. The Labute approximate surface area is 99.3 Å². The van der Waals surface area contributed by atoms with Crippen LogP contribution < -0.4 is 0 Å². The summed E-state index contributed by atoms with van der Waals surface area (Å²) < 4.78 is 0. The summed E-state index contributed by atoms with van der Waals surface area (Å²) in [4.78, 5) is 23.4. The van der Waals surface area contributed by atoms with Crippen molar-refractivity contribution < 1.29 is 19.8 Å². The van der Waals surface area contributed by atoms with Crippen molar-refractivity contribution in [2.75, 3.05) is 7.05 Å². The summed E-state index contributed by atoms with van der Waals surface area (Å²) in [6, 6.07) is 5.36. The predicted octanol–water partition coefficient (Wildman–Crippen LogP) is 0.866. The van der Waals surface area contributed by atoms with Crippen molar-refractivity contribution in [1.82, 2.24) is 4.90 Å². The first-order valence-electron chi connectivity index (χ1n) is 5.16. The summed E-state index contributed by atoms with van der Waals surface area (Å²) in [6.45, 7) is 1.33. The molecule has 5 nitrogen and oxygen atoms in total. The van der Waals surface area contributed by atoms with Crippen LogP contribution in [0, 0.1) is 0 Å². The van der Waals surface area contributed by atoms with Gasteiger partial charge >= 0.3 is 5.97 Å². The third-order valence-corrected chi connectivity index (χ3v) is 2.61. The molecule has 0 bridgehead atoms. The quantitative estimate of drug-likeness (QED) is 0.814. The molecule has 0 fully saturated rings. The van der Waals surface area contributed by atoms with E-state index in [9.17, 15) is 9.59 Å². The lowest BCUT2D eigenvalue weighted by Gasteiger charge is -2.23. The number of phenolic OH excluding ortho intramolecular Hbond substituents is 1. The minimum atomic E-state index is -1.05. The van der Waals surface area contributed by atoms with Gasteiger partial charge in [-0.2, -0.15) is 0 Å². The number of carboxylic acid groups (broad SMARTS) is 1. The van der Waals surface area contributed by atoms with Crippen molar-refractivity contribution in [3.63, 3.8) is 0 Å². The van der Waals surface area contributed by atoms with Crippen LogP contribution >= 0.6 is 0 Å². The molecule has 1 atom stereocenters. The topological polar surface area (TPSA) is 77.8 Å². The van der Waals surface area contributed by atoms with Crippen molar-refractivity contribution in [3.8, 4) is 5.75 Å².